The molecule has 2 aromatic carbocycles. The van der Waals surface area contributed by atoms with E-state index in [1.807, 2.05) is 43.4 Å². The Balaban J connectivity index is 1.42. The summed E-state index contributed by atoms with van der Waals surface area (Å²) in [6, 6.07) is 18.1. The van der Waals surface area contributed by atoms with Crippen LogP contribution in [0.4, 0.5) is 5.69 Å². The third-order valence-corrected chi connectivity index (χ3v) is 4.28. The molecule has 0 spiro atoms. The largest absolute Gasteiger partial charge is 0.361 e. The van der Waals surface area contributed by atoms with Gasteiger partial charge in [0.1, 0.15) is 0 Å². The fraction of sp³-hybridized carbons (Fsp3) is 0.250. The Morgan fingerprint density at radius 3 is 2.62 bits per heavy atom. The molecule has 0 fully saturated rings. The van der Waals surface area contributed by atoms with Gasteiger partial charge >= 0.3 is 0 Å². The Kier molecular flexibility index (Phi) is 5.29. The Morgan fingerprint density at radius 1 is 1.04 bits per heavy atom. The van der Waals surface area contributed by atoms with Gasteiger partial charge in [-0.05, 0) is 36.7 Å². The van der Waals surface area contributed by atoms with Gasteiger partial charge in [0.25, 0.3) is 0 Å². The molecule has 0 atom stereocenters. The first-order valence-corrected chi connectivity index (χ1v) is 8.33. The van der Waals surface area contributed by atoms with Crippen molar-refractivity contribution in [1.29, 1.82) is 0 Å². The molecule has 4 nitrogen and oxygen atoms in total. The summed E-state index contributed by atoms with van der Waals surface area (Å²) >= 11 is 0. The Hall–Kier alpha value is -2.59. The summed E-state index contributed by atoms with van der Waals surface area (Å²) in [5, 5.41) is 4.64. The minimum atomic E-state index is 0.126. The highest BCUT2D eigenvalue weighted by atomic mass is 16.2. The monoisotopic (exact) mass is 321 g/mol. The van der Waals surface area contributed by atoms with Crippen LogP contribution in [0.3, 0.4) is 0 Å². The summed E-state index contributed by atoms with van der Waals surface area (Å²) in [5.41, 5.74) is 3.42. The first kappa shape index (κ1) is 16.3. The van der Waals surface area contributed by atoms with Gasteiger partial charge in [0.05, 0.1) is 0 Å². The molecule has 0 bridgehead atoms. The zero-order valence-electron chi connectivity index (χ0n) is 14.0. The van der Waals surface area contributed by atoms with E-state index in [-0.39, 0.29) is 5.91 Å². The lowest BCUT2D eigenvalue weighted by Crippen LogP contribution is -2.30. The van der Waals surface area contributed by atoms with Gasteiger partial charge < -0.3 is 15.2 Å². The molecule has 0 aliphatic rings. The third kappa shape index (κ3) is 3.84. The molecule has 3 rings (SSSR count). The van der Waals surface area contributed by atoms with Crippen molar-refractivity contribution in [3.05, 3.63) is 66.4 Å². The Labute approximate surface area is 142 Å². The fourth-order valence-corrected chi connectivity index (χ4v) is 2.85. The van der Waals surface area contributed by atoms with E-state index >= 15 is 0 Å². The van der Waals surface area contributed by atoms with Crippen LogP contribution >= 0.6 is 0 Å². The molecule has 124 valence electrons. The number of carbonyl (C=O) groups is 1. The number of fused-ring (bicyclic) bond motifs is 1. The quantitative estimate of drug-likeness (QED) is 0.656. The van der Waals surface area contributed by atoms with Crippen LogP contribution in [0.15, 0.2) is 60.8 Å². The maximum Gasteiger partial charge on any atom is 0.227 e. The number of rotatable bonds is 7. The second-order valence-electron chi connectivity index (χ2n) is 5.90. The maximum absolute atomic E-state index is 12.2. The molecule has 0 saturated heterocycles. The number of anilines is 1. The van der Waals surface area contributed by atoms with Crippen LogP contribution in [0.5, 0.6) is 0 Å². The average Bonchev–Trinajstić information content (AvgIpc) is 3.04. The number of carbonyl (C=O) groups excluding carboxylic acids is 1. The normalized spacial score (nSPS) is 10.9. The van der Waals surface area contributed by atoms with E-state index in [0.29, 0.717) is 13.0 Å². The minimum absolute atomic E-state index is 0.126. The van der Waals surface area contributed by atoms with Gasteiger partial charge in [-0.2, -0.15) is 0 Å². The van der Waals surface area contributed by atoms with Crippen LogP contribution in [0.25, 0.3) is 10.9 Å². The van der Waals surface area contributed by atoms with Crippen molar-refractivity contribution in [2.75, 3.05) is 25.0 Å². The molecule has 0 aliphatic heterocycles. The van der Waals surface area contributed by atoms with Crippen LogP contribution in [0.2, 0.25) is 0 Å². The number of aromatic amines is 1. The van der Waals surface area contributed by atoms with Gasteiger partial charge in [-0.25, -0.2) is 0 Å². The van der Waals surface area contributed by atoms with E-state index in [4.69, 9.17) is 0 Å². The zero-order valence-corrected chi connectivity index (χ0v) is 14.0. The number of para-hydroxylation sites is 2. The third-order valence-electron chi connectivity index (χ3n) is 4.28. The van der Waals surface area contributed by atoms with Crippen LogP contribution in [0, 0.1) is 0 Å². The summed E-state index contributed by atoms with van der Waals surface area (Å²) in [6.45, 7) is 1.56. The lowest BCUT2D eigenvalue weighted by Gasteiger charge is -2.17. The zero-order chi connectivity index (χ0) is 16.8. The molecule has 0 radical (unpaired) electrons. The SMILES string of the molecule is CN(C(=O)CCNCCc1c[nH]c2ccccc12)c1ccccc1. The maximum atomic E-state index is 12.2. The van der Waals surface area contributed by atoms with Crippen molar-refractivity contribution in [1.82, 2.24) is 10.3 Å². The highest BCUT2D eigenvalue weighted by molar-refractivity contribution is 5.92. The van der Waals surface area contributed by atoms with Crippen molar-refractivity contribution < 1.29 is 4.79 Å². The van der Waals surface area contributed by atoms with Crippen LogP contribution in [-0.4, -0.2) is 31.0 Å². The lowest BCUT2D eigenvalue weighted by molar-refractivity contribution is -0.118. The second kappa shape index (κ2) is 7.79. The number of nitrogens with one attached hydrogen (secondary N) is 2. The molecule has 0 saturated carbocycles. The first-order valence-electron chi connectivity index (χ1n) is 8.33. The molecule has 1 heterocycles. The van der Waals surface area contributed by atoms with Gasteiger partial charge in [-0.15, -0.1) is 0 Å². The van der Waals surface area contributed by atoms with Crippen molar-refractivity contribution in [3.8, 4) is 0 Å². The topological polar surface area (TPSA) is 48.1 Å². The van der Waals surface area contributed by atoms with Gasteiger partial charge in [0.15, 0.2) is 0 Å². The summed E-state index contributed by atoms with van der Waals surface area (Å²) in [7, 11) is 1.82. The van der Waals surface area contributed by atoms with Crippen LogP contribution in [-0.2, 0) is 11.2 Å². The van der Waals surface area contributed by atoms with Crippen molar-refractivity contribution in [3.63, 3.8) is 0 Å². The molecule has 24 heavy (non-hydrogen) atoms. The first-order chi connectivity index (χ1) is 11.8. The van der Waals surface area contributed by atoms with Crippen LogP contribution < -0.4 is 10.2 Å². The smallest absolute Gasteiger partial charge is 0.227 e. The minimum Gasteiger partial charge on any atom is -0.361 e. The second-order valence-corrected chi connectivity index (χ2v) is 5.90. The summed E-state index contributed by atoms with van der Waals surface area (Å²) in [4.78, 5) is 17.2. The molecular formula is C20H23N3O. The van der Waals surface area contributed by atoms with Gasteiger partial charge in [-0.3, -0.25) is 4.79 Å². The Morgan fingerprint density at radius 2 is 1.79 bits per heavy atom. The molecule has 0 aliphatic carbocycles. The van der Waals surface area contributed by atoms with E-state index in [1.165, 1.54) is 16.5 Å². The molecule has 1 aromatic heterocycles. The summed E-state index contributed by atoms with van der Waals surface area (Å²) < 4.78 is 0. The molecule has 2 N–H and O–H groups in total. The molecule has 0 unspecified atom stereocenters. The molecule has 3 aromatic rings. The van der Waals surface area contributed by atoms with Crippen molar-refractivity contribution >= 4 is 22.5 Å². The van der Waals surface area contributed by atoms with Crippen LogP contribution in [0.1, 0.15) is 12.0 Å². The van der Waals surface area contributed by atoms with E-state index in [1.54, 1.807) is 4.90 Å². The highest BCUT2D eigenvalue weighted by Crippen LogP contribution is 2.17. The predicted molar refractivity (Wildman–Crippen MR) is 99.3 cm³/mol. The number of nitrogens with zero attached hydrogens (tertiary/aromatic N) is 1. The number of aromatic nitrogens is 1. The van der Waals surface area contributed by atoms with E-state index in [0.717, 1.165) is 18.7 Å². The lowest BCUT2D eigenvalue weighted by atomic mass is 10.1. The average molecular weight is 321 g/mol. The molecule has 1 amide bonds. The molecule has 4 heteroatoms. The Bertz CT molecular complexity index is 795. The number of benzene rings is 2. The van der Waals surface area contributed by atoms with Gasteiger partial charge in [-0.1, -0.05) is 36.4 Å². The predicted octanol–water partition coefficient (Wildman–Crippen LogP) is 3.35. The number of amides is 1. The number of hydrogen-bond donors (Lipinski definition) is 2. The summed E-state index contributed by atoms with van der Waals surface area (Å²) in [5.74, 6) is 0.126. The van der Waals surface area contributed by atoms with E-state index in [2.05, 4.69) is 34.7 Å². The molecular weight excluding hydrogens is 298 g/mol. The van der Waals surface area contributed by atoms with E-state index < -0.39 is 0 Å². The van der Waals surface area contributed by atoms with Gasteiger partial charge in [0, 0.05) is 42.8 Å². The standard InChI is InChI=1S/C20H23N3O/c1-23(17-7-3-2-4-8-17)20(24)12-14-21-13-11-16-15-22-19-10-6-5-9-18(16)19/h2-10,15,21-22H,11-14H2,1H3. The number of H-pyrrole nitrogens is 1. The van der Waals surface area contributed by atoms with Crippen molar-refractivity contribution in [2.45, 2.75) is 12.8 Å². The fourth-order valence-electron chi connectivity index (χ4n) is 2.85. The highest BCUT2D eigenvalue weighted by Gasteiger charge is 2.09. The van der Waals surface area contributed by atoms with E-state index in [9.17, 15) is 4.79 Å². The number of hydrogen-bond acceptors (Lipinski definition) is 2. The van der Waals surface area contributed by atoms with Gasteiger partial charge in [0.2, 0.25) is 5.91 Å². The summed E-state index contributed by atoms with van der Waals surface area (Å²) in [6.07, 6.45) is 3.52. The van der Waals surface area contributed by atoms with Crippen molar-refractivity contribution in [2.24, 2.45) is 0 Å².